The summed E-state index contributed by atoms with van der Waals surface area (Å²) in [5, 5.41) is 21.2. The standard InChI is InChI=1S/C26H23NO4/c1-3-17-11-13-18(14-12-17)24(29)22-23(19-8-6-9-20(28)15-19)27(26(31)25(22)30)21-10-5-4-7-16(21)2/h4-15,23,28-29H,3H2,1-2H3/b24-22-. The second-order valence-corrected chi connectivity index (χ2v) is 7.60. The Morgan fingerprint density at radius 2 is 1.68 bits per heavy atom. The summed E-state index contributed by atoms with van der Waals surface area (Å²) in [6.45, 7) is 3.89. The number of aromatic hydroxyl groups is 1. The maximum atomic E-state index is 13.1. The zero-order chi connectivity index (χ0) is 22.1. The smallest absolute Gasteiger partial charge is 0.300 e. The van der Waals surface area contributed by atoms with Crippen molar-refractivity contribution in [2.24, 2.45) is 0 Å². The van der Waals surface area contributed by atoms with Gasteiger partial charge in [-0.25, -0.2) is 0 Å². The molecule has 156 valence electrons. The maximum Gasteiger partial charge on any atom is 0.300 e. The van der Waals surface area contributed by atoms with Crippen LogP contribution in [0.5, 0.6) is 5.75 Å². The lowest BCUT2D eigenvalue weighted by molar-refractivity contribution is -0.132. The molecule has 3 aromatic rings. The number of aryl methyl sites for hydroxylation is 2. The van der Waals surface area contributed by atoms with Gasteiger partial charge in [0.05, 0.1) is 11.6 Å². The number of rotatable bonds is 4. The minimum absolute atomic E-state index is 0.00287. The van der Waals surface area contributed by atoms with Crippen LogP contribution in [0, 0.1) is 6.92 Å². The number of carbonyl (C=O) groups excluding carboxylic acids is 2. The highest BCUT2D eigenvalue weighted by atomic mass is 16.3. The molecule has 1 fully saturated rings. The van der Waals surface area contributed by atoms with E-state index in [1.807, 2.05) is 38.1 Å². The molecule has 0 bridgehead atoms. The number of carbonyl (C=O) groups is 2. The lowest BCUT2D eigenvalue weighted by atomic mass is 9.94. The van der Waals surface area contributed by atoms with Gasteiger partial charge in [-0.15, -0.1) is 0 Å². The number of anilines is 1. The molecule has 1 aliphatic heterocycles. The summed E-state index contributed by atoms with van der Waals surface area (Å²) in [6.07, 6.45) is 0.849. The number of phenolic OH excluding ortho intramolecular Hbond substituents is 1. The lowest BCUT2D eigenvalue weighted by Gasteiger charge is -2.26. The van der Waals surface area contributed by atoms with Gasteiger partial charge in [-0.1, -0.05) is 61.5 Å². The second-order valence-electron chi connectivity index (χ2n) is 7.60. The number of hydrogen-bond donors (Lipinski definition) is 2. The summed E-state index contributed by atoms with van der Waals surface area (Å²) in [5.74, 6) is -1.69. The zero-order valence-electron chi connectivity index (χ0n) is 17.4. The Morgan fingerprint density at radius 1 is 0.968 bits per heavy atom. The summed E-state index contributed by atoms with van der Waals surface area (Å²) in [4.78, 5) is 27.7. The molecule has 1 atom stereocenters. The first-order valence-electron chi connectivity index (χ1n) is 10.2. The number of Topliss-reactive ketones (excluding diaryl/α,β-unsaturated/α-hetero) is 1. The third-order valence-corrected chi connectivity index (χ3v) is 5.64. The topological polar surface area (TPSA) is 77.8 Å². The Bertz CT molecular complexity index is 1190. The molecule has 4 rings (SSSR count). The molecule has 1 unspecified atom stereocenters. The van der Waals surface area contributed by atoms with Crippen LogP contribution >= 0.6 is 0 Å². The van der Waals surface area contributed by atoms with E-state index in [-0.39, 0.29) is 17.1 Å². The fourth-order valence-corrected chi connectivity index (χ4v) is 3.98. The van der Waals surface area contributed by atoms with Gasteiger partial charge in [0.25, 0.3) is 11.7 Å². The van der Waals surface area contributed by atoms with Crippen molar-refractivity contribution in [3.05, 3.63) is 101 Å². The average Bonchev–Trinajstić information content (AvgIpc) is 3.04. The highest BCUT2D eigenvalue weighted by Gasteiger charge is 2.47. The molecule has 1 saturated heterocycles. The molecule has 5 nitrogen and oxygen atoms in total. The molecule has 1 heterocycles. The van der Waals surface area contributed by atoms with Gasteiger partial charge in [-0.2, -0.15) is 0 Å². The first-order valence-corrected chi connectivity index (χ1v) is 10.2. The van der Waals surface area contributed by atoms with E-state index < -0.39 is 17.7 Å². The Labute approximate surface area is 180 Å². The normalized spacial score (nSPS) is 17.9. The Morgan fingerprint density at radius 3 is 2.32 bits per heavy atom. The van der Waals surface area contributed by atoms with Gasteiger partial charge in [0.1, 0.15) is 11.5 Å². The molecule has 1 aliphatic rings. The molecule has 3 aromatic carbocycles. The molecular formula is C26H23NO4. The third-order valence-electron chi connectivity index (χ3n) is 5.64. The van der Waals surface area contributed by atoms with Crippen LogP contribution < -0.4 is 4.90 Å². The Hall–Kier alpha value is -3.86. The van der Waals surface area contributed by atoms with Crippen molar-refractivity contribution in [3.63, 3.8) is 0 Å². The fourth-order valence-electron chi connectivity index (χ4n) is 3.98. The van der Waals surface area contributed by atoms with Gasteiger partial charge >= 0.3 is 0 Å². The first-order chi connectivity index (χ1) is 14.9. The fraction of sp³-hybridized carbons (Fsp3) is 0.154. The Kier molecular flexibility index (Phi) is 5.34. The van der Waals surface area contributed by atoms with E-state index in [9.17, 15) is 19.8 Å². The number of aliphatic hydroxyl groups excluding tert-OH is 1. The third kappa shape index (κ3) is 3.59. The van der Waals surface area contributed by atoms with Crippen LogP contribution in [0.25, 0.3) is 5.76 Å². The SMILES string of the molecule is CCc1ccc(/C(O)=C2/C(=O)C(=O)N(c3ccccc3C)C2c2cccc(O)c2)cc1. The van der Waals surface area contributed by atoms with Crippen LogP contribution in [0.4, 0.5) is 5.69 Å². The predicted octanol–water partition coefficient (Wildman–Crippen LogP) is 4.89. The molecule has 0 aromatic heterocycles. The van der Waals surface area contributed by atoms with Crippen LogP contribution in [0.1, 0.15) is 35.2 Å². The molecule has 0 aliphatic carbocycles. The number of hydrogen-bond acceptors (Lipinski definition) is 4. The van der Waals surface area contributed by atoms with E-state index in [1.54, 1.807) is 36.4 Å². The number of nitrogens with zero attached hydrogens (tertiary/aromatic N) is 1. The van der Waals surface area contributed by atoms with Crippen LogP contribution in [0.3, 0.4) is 0 Å². The minimum atomic E-state index is -0.862. The van der Waals surface area contributed by atoms with E-state index in [2.05, 4.69) is 0 Å². The van der Waals surface area contributed by atoms with Crippen molar-refractivity contribution in [1.29, 1.82) is 0 Å². The molecule has 5 heteroatoms. The highest BCUT2D eigenvalue weighted by Crippen LogP contribution is 2.43. The van der Waals surface area contributed by atoms with Crippen LogP contribution in [0.2, 0.25) is 0 Å². The van der Waals surface area contributed by atoms with Gasteiger partial charge in [-0.05, 0) is 48.2 Å². The number of phenols is 1. The molecule has 0 spiro atoms. The van der Waals surface area contributed by atoms with E-state index >= 15 is 0 Å². The summed E-state index contributed by atoms with van der Waals surface area (Å²) >= 11 is 0. The molecule has 2 N–H and O–H groups in total. The number of amides is 1. The predicted molar refractivity (Wildman–Crippen MR) is 120 cm³/mol. The molecular weight excluding hydrogens is 390 g/mol. The minimum Gasteiger partial charge on any atom is -0.508 e. The van der Waals surface area contributed by atoms with Crippen molar-refractivity contribution in [2.75, 3.05) is 4.90 Å². The van der Waals surface area contributed by atoms with E-state index in [4.69, 9.17) is 0 Å². The first kappa shape index (κ1) is 20.4. The van der Waals surface area contributed by atoms with Gasteiger partial charge in [0, 0.05) is 11.3 Å². The number of para-hydroxylation sites is 1. The van der Waals surface area contributed by atoms with Crippen molar-refractivity contribution >= 4 is 23.1 Å². The summed E-state index contributed by atoms with van der Waals surface area (Å²) in [7, 11) is 0. The number of ketones is 1. The Balaban J connectivity index is 1.95. The number of aliphatic hydroxyl groups is 1. The summed E-state index contributed by atoms with van der Waals surface area (Å²) < 4.78 is 0. The van der Waals surface area contributed by atoms with Crippen LogP contribution in [0.15, 0.2) is 78.4 Å². The van der Waals surface area contributed by atoms with E-state index in [0.717, 1.165) is 17.5 Å². The van der Waals surface area contributed by atoms with Gasteiger partial charge in [-0.3, -0.25) is 14.5 Å². The van der Waals surface area contributed by atoms with Gasteiger partial charge in [0.15, 0.2) is 0 Å². The molecule has 1 amide bonds. The van der Waals surface area contributed by atoms with E-state index in [1.165, 1.54) is 17.0 Å². The zero-order valence-corrected chi connectivity index (χ0v) is 17.4. The lowest BCUT2D eigenvalue weighted by Crippen LogP contribution is -2.30. The van der Waals surface area contributed by atoms with Gasteiger partial charge in [0.2, 0.25) is 0 Å². The highest BCUT2D eigenvalue weighted by molar-refractivity contribution is 6.51. The second kappa shape index (κ2) is 8.11. The quantitative estimate of drug-likeness (QED) is 0.363. The van der Waals surface area contributed by atoms with E-state index in [0.29, 0.717) is 16.8 Å². The summed E-state index contributed by atoms with van der Waals surface area (Å²) in [5.41, 5.74) is 3.50. The van der Waals surface area contributed by atoms with Crippen molar-refractivity contribution < 1.29 is 19.8 Å². The molecule has 0 radical (unpaired) electrons. The van der Waals surface area contributed by atoms with Crippen LogP contribution in [-0.4, -0.2) is 21.9 Å². The molecule has 31 heavy (non-hydrogen) atoms. The number of benzene rings is 3. The maximum absolute atomic E-state index is 13.1. The van der Waals surface area contributed by atoms with Crippen molar-refractivity contribution in [1.82, 2.24) is 0 Å². The average molecular weight is 413 g/mol. The van der Waals surface area contributed by atoms with Crippen molar-refractivity contribution in [3.8, 4) is 5.75 Å². The largest absolute Gasteiger partial charge is 0.508 e. The molecule has 0 saturated carbocycles. The van der Waals surface area contributed by atoms with Crippen molar-refractivity contribution in [2.45, 2.75) is 26.3 Å². The van der Waals surface area contributed by atoms with Crippen LogP contribution in [-0.2, 0) is 16.0 Å². The monoisotopic (exact) mass is 413 g/mol. The van der Waals surface area contributed by atoms with Gasteiger partial charge < -0.3 is 10.2 Å². The summed E-state index contributed by atoms with van der Waals surface area (Å²) in [6, 6.07) is 20.1.